The Bertz CT molecular complexity index is 1380. The van der Waals surface area contributed by atoms with Crippen molar-refractivity contribution in [1.82, 2.24) is 20.2 Å². The summed E-state index contributed by atoms with van der Waals surface area (Å²) in [5, 5.41) is 14.3. The first-order valence-electron chi connectivity index (χ1n) is 14.1. The van der Waals surface area contributed by atoms with E-state index in [-0.39, 0.29) is 11.9 Å². The van der Waals surface area contributed by atoms with E-state index in [0.29, 0.717) is 37.0 Å². The zero-order valence-corrected chi connectivity index (χ0v) is 22.6. The molecule has 2 atom stereocenters. The molecule has 2 saturated heterocycles. The lowest BCUT2D eigenvalue weighted by Crippen LogP contribution is -2.51. The number of benzene rings is 2. The van der Waals surface area contributed by atoms with Crippen molar-refractivity contribution in [1.29, 1.82) is 5.26 Å². The molecule has 2 fully saturated rings. The maximum absolute atomic E-state index is 14.6. The van der Waals surface area contributed by atoms with Crippen LogP contribution in [-0.2, 0) is 13.0 Å². The van der Waals surface area contributed by atoms with Crippen molar-refractivity contribution < 1.29 is 9.13 Å². The van der Waals surface area contributed by atoms with Gasteiger partial charge >= 0.3 is 6.01 Å². The van der Waals surface area contributed by atoms with Gasteiger partial charge in [-0.1, -0.05) is 24.3 Å². The molecule has 39 heavy (non-hydrogen) atoms. The highest BCUT2D eigenvalue weighted by atomic mass is 19.1. The average molecular weight is 530 g/mol. The number of fused-ring (bicyclic) bond motifs is 2. The number of likely N-dealkylation sites (tertiary alicyclic amines) is 1. The van der Waals surface area contributed by atoms with Crippen LogP contribution in [0, 0.1) is 17.1 Å². The van der Waals surface area contributed by atoms with E-state index < -0.39 is 0 Å². The predicted octanol–water partition coefficient (Wildman–Crippen LogP) is 3.89. The molecule has 0 bridgehead atoms. The molecule has 9 heteroatoms. The maximum atomic E-state index is 14.6. The minimum atomic E-state index is -0.201. The molecule has 1 N–H and O–H groups in total. The van der Waals surface area contributed by atoms with Crippen molar-refractivity contribution in [2.24, 2.45) is 0 Å². The SMILES string of the molecule is CN1CCC[C@H]1COc1nc2c(c(N3CCN[C@@H](CC#N)C3)n1)CCCN(c1cccc3c(F)cccc13)C2. The van der Waals surface area contributed by atoms with Gasteiger partial charge in [-0.2, -0.15) is 15.2 Å². The highest BCUT2D eigenvalue weighted by Gasteiger charge is 2.29. The molecule has 0 unspecified atom stereocenters. The van der Waals surface area contributed by atoms with Crippen LogP contribution in [0.5, 0.6) is 6.01 Å². The lowest BCUT2D eigenvalue weighted by molar-refractivity contribution is 0.187. The second-order valence-electron chi connectivity index (χ2n) is 10.9. The van der Waals surface area contributed by atoms with Crippen LogP contribution in [0.4, 0.5) is 15.9 Å². The number of hydrogen-bond donors (Lipinski definition) is 1. The smallest absolute Gasteiger partial charge is 0.318 e. The van der Waals surface area contributed by atoms with Crippen molar-refractivity contribution in [3.63, 3.8) is 0 Å². The Hall–Kier alpha value is -3.48. The number of hydrogen-bond acceptors (Lipinski definition) is 8. The largest absolute Gasteiger partial charge is 0.462 e. The molecular weight excluding hydrogens is 493 g/mol. The van der Waals surface area contributed by atoms with E-state index in [1.807, 2.05) is 18.2 Å². The number of nitrogens with zero attached hydrogens (tertiary/aromatic N) is 6. The van der Waals surface area contributed by atoms with Gasteiger partial charge in [0.2, 0.25) is 0 Å². The van der Waals surface area contributed by atoms with Gasteiger partial charge < -0.3 is 24.8 Å². The van der Waals surface area contributed by atoms with Crippen LogP contribution in [-0.4, -0.2) is 73.3 Å². The summed E-state index contributed by atoms with van der Waals surface area (Å²) in [5.74, 6) is 0.734. The Morgan fingerprint density at radius 3 is 2.79 bits per heavy atom. The van der Waals surface area contributed by atoms with Crippen molar-refractivity contribution >= 4 is 22.3 Å². The van der Waals surface area contributed by atoms with Gasteiger partial charge in [0, 0.05) is 60.3 Å². The lowest BCUT2D eigenvalue weighted by Gasteiger charge is -2.35. The Labute approximate surface area is 229 Å². The zero-order chi connectivity index (χ0) is 26.8. The molecular formula is C30H36FN7O. The second kappa shape index (κ2) is 11.3. The number of rotatable bonds is 6. The normalized spacial score (nSPS) is 22.0. The summed E-state index contributed by atoms with van der Waals surface area (Å²) >= 11 is 0. The molecule has 0 spiro atoms. The summed E-state index contributed by atoms with van der Waals surface area (Å²) < 4.78 is 20.9. The van der Waals surface area contributed by atoms with Gasteiger partial charge in [0.1, 0.15) is 18.2 Å². The fourth-order valence-corrected chi connectivity index (χ4v) is 6.28. The number of halogens is 1. The average Bonchev–Trinajstić information content (AvgIpc) is 3.24. The highest BCUT2D eigenvalue weighted by molar-refractivity contribution is 5.94. The molecule has 3 aliphatic heterocycles. The highest BCUT2D eigenvalue weighted by Crippen LogP contribution is 2.34. The molecule has 1 aromatic heterocycles. The van der Waals surface area contributed by atoms with Crippen molar-refractivity contribution in [2.45, 2.75) is 50.7 Å². The van der Waals surface area contributed by atoms with Crippen LogP contribution >= 0.6 is 0 Å². The monoisotopic (exact) mass is 529 g/mol. The molecule has 3 aliphatic rings. The number of likely N-dealkylation sites (N-methyl/N-ethyl adjacent to an activating group) is 1. The van der Waals surface area contributed by atoms with Crippen LogP contribution in [0.25, 0.3) is 10.8 Å². The summed E-state index contributed by atoms with van der Waals surface area (Å²) in [5.41, 5.74) is 3.15. The Morgan fingerprint density at radius 1 is 1.08 bits per heavy atom. The molecule has 204 valence electrons. The Balaban J connectivity index is 1.35. The summed E-state index contributed by atoms with van der Waals surface area (Å²) in [6, 6.07) is 14.3. The molecule has 0 radical (unpaired) electrons. The first-order valence-corrected chi connectivity index (χ1v) is 14.1. The molecule has 0 amide bonds. The van der Waals surface area contributed by atoms with Gasteiger partial charge in [0.15, 0.2) is 0 Å². The molecule has 8 nitrogen and oxygen atoms in total. The Morgan fingerprint density at radius 2 is 1.95 bits per heavy atom. The fraction of sp³-hybridized carbons (Fsp3) is 0.500. The van der Waals surface area contributed by atoms with E-state index >= 15 is 0 Å². The first kappa shape index (κ1) is 25.8. The van der Waals surface area contributed by atoms with Gasteiger partial charge in [0.05, 0.1) is 24.7 Å². The predicted molar refractivity (Wildman–Crippen MR) is 151 cm³/mol. The molecule has 3 aromatic rings. The van der Waals surface area contributed by atoms with Gasteiger partial charge in [0.25, 0.3) is 0 Å². The summed E-state index contributed by atoms with van der Waals surface area (Å²) in [4.78, 5) is 16.9. The van der Waals surface area contributed by atoms with Crippen LogP contribution in [0.1, 0.15) is 36.9 Å². The summed E-state index contributed by atoms with van der Waals surface area (Å²) in [7, 11) is 2.14. The maximum Gasteiger partial charge on any atom is 0.318 e. The third-order valence-corrected chi connectivity index (χ3v) is 8.40. The standard InChI is InChI=1S/C30H36FN7O/c1-36-15-4-6-22(36)20-39-30-34-27-19-37(28-11-3-7-23-24(28)8-2-10-26(23)31)16-5-9-25(27)29(35-30)38-17-14-33-21(18-38)12-13-32/h2-3,7-8,10-11,21-22,33H,4-6,9,12,14-20H2,1H3/t21-,22-/m0/s1. The fourth-order valence-electron chi connectivity index (χ4n) is 6.28. The molecule has 4 heterocycles. The third kappa shape index (κ3) is 5.36. The van der Waals surface area contributed by atoms with Gasteiger partial charge in [-0.15, -0.1) is 0 Å². The van der Waals surface area contributed by atoms with Crippen LogP contribution in [0.2, 0.25) is 0 Å². The molecule has 2 aromatic carbocycles. The quantitative estimate of drug-likeness (QED) is 0.515. The van der Waals surface area contributed by atoms with Crippen LogP contribution < -0.4 is 19.9 Å². The first-order chi connectivity index (χ1) is 19.1. The molecule has 0 saturated carbocycles. The van der Waals surface area contributed by atoms with E-state index in [9.17, 15) is 9.65 Å². The number of piperazine rings is 1. The van der Waals surface area contributed by atoms with Gasteiger partial charge in [-0.25, -0.2) is 4.39 Å². The molecule has 6 rings (SSSR count). The van der Waals surface area contributed by atoms with Crippen molar-refractivity contribution in [3.8, 4) is 12.1 Å². The van der Waals surface area contributed by atoms with E-state index in [4.69, 9.17) is 14.7 Å². The molecule has 0 aliphatic carbocycles. The van der Waals surface area contributed by atoms with Crippen molar-refractivity contribution in [2.75, 3.05) is 56.2 Å². The number of anilines is 2. The van der Waals surface area contributed by atoms with E-state index in [0.717, 1.165) is 80.1 Å². The summed E-state index contributed by atoms with van der Waals surface area (Å²) in [6.07, 6.45) is 4.57. The van der Waals surface area contributed by atoms with Crippen molar-refractivity contribution in [3.05, 3.63) is 53.5 Å². The number of aromatic nitrogens is 2. The van der Waals surface area contributed by atoms with Gasteiger partial charge in [-0.05, 0) is 51.4 Å². The topological polar surface area (TPSA) is 80.5 Å². The third-order valence-electron chi connectivity index (χ3n) is 8.40. The van der Waals surface area contributed by atoms with Gasteiger partial charge in [-0.3, -0.25) is 0 Å². The lowest BCUT2D eigenvalue weighted by atomic mass is 10.1. The number of nitriles is 1. The zero-order valence-electron chi connectivity index (χ0n) is 22.6. The van der Waals surface area contributed by atoms with E-state index in [1.165, 1.54) is 12.5 Å². The minimum absolute atomic E-state index is 0.110. The second-order valence-corrected chi connectivity index (χ2v) is 10.9. The number of nitrogens with one attached hydrogen (secondary N) is 1. The van der Waals surface area contributed by atoms with E-state index in [2.05, 4.69) is 39.2 Å². The van der Waals surface area contributed by atoms with E-state index in [1.54, 1.807) is 6.07 Å². The van der Waals surface area contributed by atoms with Crippen LogP contribution in [0.3, 0.4) is 0 Å². The minimum Gasteiger partial charge on any atom is -0.462 e. The Kier molecular flexibility index (Phi) is 7.49. The number of ether oxygens (including phenoxy) is 1. The summed E-state index contributed by atoms with van der Waals surface area (Å²) in [6.45, 7) is 5.46. The van der Waals surface area contributed by atoms with Crippen LogP contribution in [0.15, 0.2) is 36.4 Å².